The van der Waals surface area contributed by atoms with E-state index in [1.54, 1.807) is 0 Å². The Morgan fingerprint density at radius 1 is 1.50 bits per heavy atom. The van der Waals surface area contributed by atoms with Crippen molar-refractivity contribution in [3.8, 4) is 0 Å². The average Bonchev–Trinajstić information content (AvgIpc) is 2.80. The molecular formula is C13H14N2O2S. The minimum Gasteiger partial charge on any atom is -0.476 e. The van der Waals surface area contributed by atoms with Crippen LogP contribution >= 0.6 is 11.3 Å². The first-order chi connectivity index (χ1) is 8.63. The average molecular weight is 262 g/mol. The molecule has 0 saturated heterocycles. The number of aryl methyl sites for hydroxylation is 2. The highest BCUT2D eigenvalue weighted by Crippen LogP contribution is 2.29. The molecule has 0 saturated carbocycles. The number of aromatic carboxylic acids is 1. The molecule has 0 bridgehead atoms. The van der Waals surface area contributed by atoms with Gasteiger partial charge in [-0.1, -0.05) is 25.1 Å². The first kappa shape index (κ1) is 12.6. The topological polar surface area (TPSA) is 62.2 Å². The fourth-order valence-corrected chi connectivity index (χ4v) is 2.48. The third kappa shape index (κ3) is 2.36. The van der Waals surface area contributed by atoms with Gasteiger partial charge in [0.25, 0.3) is 0 Å². The molecule has 0 amide bonds. The van der Waals surface area contributed by atoms with Gasteiger partial charge in [0.2, 0.25) is 0 Å². The maximum Gasteiger partial charge on any atom is 0.357 e. The van der Waals surface area contributed by atoms with Crippen molar-refractivity contribution in [2.24, 2.45) is 0 Å². The number of hydrogen-bond acceptors (Lipinski definition) is 4. The predicted molar refractivity (Wildman–Crippen MR) is 72.9 cm³/mol. The van der Waals surface area contributed by atoms with Crippen molar-refractivity contribution in [1.82, 2.24) is 4.98 Å². The fraction of sp³-hybridized carbons (Fsp3) is 0.231. The van der Waals surface area contributed by atoms with E-state index in [1.165, 1.54) is 22.4 Å². The molecule has 0 aliphatic rings. The number of para-hydroxylation sites is 1. The number of carbonyl (C=O) groups is 1. The summed E-state index contributed by atoms with van der Waals surface area (Å²) in [6.07, 6.45) is 0.894. The first-order valence-electron chi connectivity index (χ1n) is 5.65. The summed E-state index contributed by atoms with van der Waals surface area (Å²) < 4.78 is 0. The highest BCUT2D eigenvalue weighted by Gasteiger charge is 2.15. The highest BCUT2D eigenvalue weighted by molar-refractivity contribution is 7.14. The van der Waals surface area contributed by atoms with Crippen LogP contribution in [0.4, 0.5) is 10.7 Å². The molecule has 1 heterocycles. The van der Waals surface area contributed by atoms with Gasteiger partial charge in [-0.15, -0.1) is 11.3 Å². The largest absolute Gasteiger partial charge is 0.476 e. The van der Waals surface area contributed by atoms with Crippen LogP contribution in [-0.4, -0.2) is 16.1 Å². The second-order valence-corrected chi connectivity index (χ2v) is 4.78. The molecule has 4 nitrogen and oxygen atoms in total. The Morgan fingerprint density at radius 2 is 2.28 bits per heavy atom. The van der Waals surface area contributed by atoms with E-state index in [1.807, 2.05) is 25.1 Å². The Balaban J connectivity index is 2.40. The summed E-state index contributed by atoms with van der Waals surface area (Å²) >= 11 is 1.30. The van der Waals surface area contributed by atoms with Gasteiger partial charge in [-0.2, -0.15) is 0 Å². The zero-order valence-electron chi connectivity index (χ0n) is 10.2. The molecule has 0 unspecified atom stereocenters. The molecular weight excluding hydrogens is 248 g/mol. The SMILES string of the molecule is CCc1cccc(C)c1Nc1scnc1C(=O)O. The fourth-order valence-electron chi connectivity index (χ4n) is 1.80. The summed E-state index contributed by atoms with van der Waals surface area (Å²) in [4.78, 5) is 14.9. The summed E-state index contributed by atoms with van der Waals surface area (Å²) in [5, 5.41) is 12.8. The maximum atomic E-state index is 11.0. The minimum atomic E-state index is -1.01. The van der Waals surface area contributed by atoms with Gasteiger partial charge in [-0.25, -0.2) is 9.78 Å². The van der Waals surface area contributed by atoms with E-state index < -0.39 is 5.97 Å². The van der Waals surface area contributed by atoms with Gasteiger partial charge in [0.1, 0.15) is 5.00 Å². The number of nitrogens with zero attached hydrogens (tertiary/aromatic N) is 1. The van der Waals surface area contributed by atoms with Gasteiger partial charge in [0.05, 0.1) is 5.51 Å². The van der Waals surface area contributed by atoms with Gasteiger partial charge in [-0.3, -0.25) is 0 Å². The summed E-state index contributed by atoms with van der Waals surface area (Å²) in [5.74, 6) is -1.01. The zero-order valence-corrected chi connectivity index (χ0v) is 11.0. The van der Waals surface area contributed by atoms with Crippen LogP contribution in [0.2, 0.25) is 0 Å². The second kappa shape index (κ2) is 5.18. The summed E-state index contributed by atoms with van der Waals surface area (Å²) in [6, 6.07) is 6.05. The second-order valence-electron chi connectivity index (χ2n) is 3.92. The third-order valence-corrected chi connectivity index (χ3v) is 3.49. The van der Waals surface area contributed by atoms with E-state index in [0.717, 1.165) is 17.7 Å². The number of rotatable bonds is 4. The van der Waals surface area contributed by atoms with E-state index in [9.17, 15) is 4.79 Å². The minimum absolute atomic E-state index is 0.0744. The number of nitrogens with one attached hydrogen (secondary N) is 1. The number of anilines is 2. The van der Waals surface area contributed by atoms with Crippen molar-refractivity contribution in [2.75, 3.05) is 5.32 Å². The molecule has 1 aromatic carbocycles. The predicted octanol–water partition coefficient (Wildman–Crippen LogP) is 3.46. The quantitative estimate of drug-likeness (QED) is 0.885. The van der Waals surface area contributed by atoms with E-state index >= 15 is 0 Å². The van der Waals surface area contributed by atoms with Crippen LogP contribution in [0.25, 0.3) is 0 Å². The molecule has 2 rings (SSSR count). The summed E-state index contributed by atoms with van der Waals surface area (Å²) in [7, 11) is 0. The Kier molecular flexibility index (Phi) is 3.62. The van der Waals surface area contributed by atoms with Crippen LogP contribution in [0.1, 0.15) is 28.5 Å². The van der Waals surface area contributed by atoms with Crippen molar-refractivity contribution >= 4 is 28.0 Å². The first-order valence-corrected chi connectivity index (χ1v) is 6.53. The number of carboxylic acid groups (broad SMARTS) is 1. The Morgan fingerprint density at radius 3 is 2.94 bits per heavy atom. The molecule has 94 valence electrons. The molecule has 0 aliphatic heterocycles. The summed E-state index contributed by atoms with van der Waals surface area (Å²) in [6.45, 7) is 4.08. The van der Waals surface area contributed by atoms with Gasteiger partial charge in [0.15, 0.2) is 5.69 Å². The van der Waals surface area contributed by atoms with E-state index in [0.29, 0.717) is 5.00 Å². The molecule has 1 aromatic heterocycles. The monoisotopic (exact) mass is 262 g/mol. The molecule has 0 fully saturated rings. The Hall–Kier alpha value is -1.88. The molecule has 0 spiro atoms. The standard InChI is InChI=1S/C13H14N2O2S/c1-3-9-6-4-5-8(2)10(9)15-12-11(13(16)17)14-7-18-12/h4-7,15H,3H2,1-2H3,(H,16,17). The smallest absolute Gasteiger partial charge is 0.357 e. The van der Waals surface area contributed by atoms with Gasteiger partial charge >= 0.3 is 5.97 Å². The lowest BCUT2D eigenvalue weighted by atomic mass is 10.1. The van der Waals surface area contributed by atoms with Crippen molar-refractivity contribution < 1.29 is 9.90 Å². The van der Waals surface area contributed by atoms with Gasteiger partial charge in [-0.05, 0) is 24.5 Å². The lowest BCUT2D eigenvalue weighted by molar-refractivity contribution is 0.0692. The van der Waals surface area contributed by atoms with Crippen LogP contribution in [0.15, 0.2) is 23.7 Å². The van der Waals surface area contributed by atoms with Crippen LogP contribution in [0.5, 0.6) is 0 Å². The van der Waals surface area contributed by atoms with Crippen LogP contribution in [0, 0.1) is 6.92 Å². The van der Waals surface area contributed by atoms with Crippen molar-refractivity contribution in [2.45, 2.75) is 20.3 Å². The van der Waals surface area contributed by atoms with E-state index in [4.69, 9.17) is 5.11 Å². The van der Waals surface area contributed by atoms with E-state index in [-0.39, 0.29) is 5.69 Å². The molecule has 0 radical (unpaired) electrons. The van der Waals surface area contributed by atoms with Crippen molar-refractivity contribution in [1.29, 1.82) is 0 Å². The van der Waals surface area contributed by atoms with Crippen molar-refractivity contribution in [3.05, 3.63) is 40.5 Å². The maximum absolute atomic E-state index is 11.0. The van der Waals surface area contributed by atoms with Crippen molar-refractivity contribution in [3.63, 3.8) is 0 Å². The Bertz CT molecular complexity index is 578. The number of carboxylic acids is 1. The third-order valence-electron chi connectivity index (χ3n) is 2.75. The number of benzene rings is 1. The number of aromatic nitrogens is 1. The Labute approximate surface area is 109 Å². The van der Waals surface area contributed by atoms with Gasteiger partial charge in [0, 0.05) is 5.69 Å². The summed E-state index contributed by atoms with van der Waals surface area (Å²) in [5.41, 5.74) is 4.85. The van der Waals surface area contributed by atoms with Gasteiger partial charge < -0.3 is 10.4 Å². The lowest BCUT2D eigenvalue weighted by Crippen LogP contribution is -2.03. The number of thiazole rings is 1. The molecule has 18 heavy (non-hydrogen) atoms. The molecule has 2 aromatic rings. The molecule has 0 atom stereocenters. The van der Waals surface area contributed by atoms with Crippen LogP contribution in [0.3, 0.4) is 0 Å². The molecule has 5 heteroatoms. The molecule has 0 aliphatic carbocycles. The molecule has 2 N–H and O–H groups in total. The van der Waals surface area contributed by atoms with Crippen LogP contribution in [-0.2, 0) is 6.42 Å². The number of hydrogen-bond donors (Lipinski definition) is 2. The zero-order chi connectivity index (χ0) is 13.1. The van der Waals surface area contributed by atoms with Crippen LogP contribution < -0.4 is 5.32 Å². The lowest BCUT2D eigenvalue weighted by Gasteiger charge is -2.12. The highest BCUT2D eigenvalue weighted by atomic mass is 32.1. The van der Waals surface area contributed by atoms with E-state index in [2.05, 4.69) is 17.2 Å². The normalized spacial score (nSPS) is 10.3.